The molecule has 0 aromatic carbocycles. The van der Waals surface area contributed by atoms with Crippen LogP contribution in [0.5, 0.6) is 0 Å². The molecule has 0 aliphatic rings. The highest BCUT2D eigenvalue weighted by Gasteiger charge is 2.05. The zero-order valence-electron chi connectivity index (χ0n) is 7.20. The summed E-state index contributed by atoms with van der Waals surface area (Å²) >= 11 is 0. The predicted molar refractivity (Wildman–Crippen MR) is 41.2 cm³/mol. The Morgan fingerprint density at radius 2 is 1.50 bits per heavy atom. The van der Waals surface area contributed by atoms with E-state index in [4.69, 9.17) is 5.73 Å². The van der Waals surface area contributed by atoms with Crippen molar-refractivity contribution in [2.75, 3.05) is 13.2 Å². The van der Waals surface area contributed by atoms with Gasteiger partial charge in [0, 0.05) is 13.8 Å². The molecule has 12 heavy (non-hydrogen) atoms. The van der Waals surface area contributed by atoms with Crippen LogP contribution in [0.3, 0.4) is 0 Å². The molecule has 0 radical (unpaired) electrons. The van der Waals surface area contributed by atoms with Crippen LogP contribution in [0.2, 0.25) is 0 Å². The van der Waals surface area contributed by atoms with Crippen LogP contribution in [-0.2, 0) is 19.1 Å². The van der Waals surface area contributed by atoms with Crippen LogP contribution in [0.25, 0.3) is 0 Å². The van der Waals surface area contributed by atoms with Crippen LogP contribution >= 0.6 is 0 Å². The Kier molecular flexibility index (Phi) is 5.03. The topological polar surface area (TPSA) is 78.6 Å². The van der Waals surface area contributed by atoms with E-state index < -0.39 is 18.0 Å². The lowest BCUT2D eigenvalue weighted by molar-refractivity contribution is -0.144. The van der Waals surface area contributed by atoms with Gasteiger partial charge in [-0.25, -0.2) is 0 Å². The van der Waals surface area contributed by atoms with Crippen LogP contribution in [0.4, 0.5) is 0 Å². The molecule has 2 N–H and O–H groups in total. The summed E-state index contributed by atoms with van der Waals surface area (Å²) in [5, 5.41) is 0. The summed E-state index contributed by atoms with van der Waals surface area (Å²) in [6.07, 6.45) is 0. The minimum atomic E-state index is -0.446. The first-order valence-electron chi connectivity index (χ1n) is 3.54. The van der Waals surface area contributed by atoms with Crippen molar-refractivity contribution in [2.45, 2.75) is 19.9 Å². The molecule has 0 aliphatic carbocycles. The molecule has 0 aromatic heterocycles. The van der Waals surface area contributed by atoms with Gasteiger partial charge in [-0.15, -0.1) is 0 Å². The Labute approximate surface area is 70.8 Å². The highest BCUT2D eigenvalue weighted by atomic mass is 16.5. The molecular weight excluding hydrogens is 162 g/mol. The maximum Gasteiger partial charge on any atom is 0.302 e. The number of esters is 2. The fourth-order valence-corrected chi connectivity index (χ4v) is 0.497. The molecule has 0 spiro atoms. The minimum absolute atomic E-state index is 0.0720. The monoisotopic (exact) mass is 175 g/mol. The average molecular weight is 175 g/mol. The van der Waals surface area contributed by atoms with Gasteiger partial charge in [-0.3, -0.25) is 9.59 Å². The van der Waals surface area contributed by atoms with Crippen molar-refractivity contribution in [3.63, 3.8) is 0 Å². The van der Waals surface area contributed by atoms with E-state index in [-0.39, 0.29) is 13.2 Å². The second kappa shape index (κ2) is 5.54. The Morgan fingerprint density at radius 3 is 1.75 bits per heavy atom. The van der Waals surface area contributed by atoms with Gasteiger partial charge in [0.05, 0.1) is 6.04 Å². The third-order valence-electron chi connectivity index (χ3n) is 1.00. The molecule has 0 amide bonds. The summed E-state index contributed by atoms with van der Waals surface area (Å²) in [7, 11) is 0. The highest BCUT2D eigenvalue weighted by molar-refractivity contribution is 5.66. The van der Waals surface area contributed by atoms with Gasteiger partial charge in [-0.2, -0.15) is 0 Å². The van der Waals surface area contributed by atoms with Gasteiger partial charge in [0.1, 0.15) is 13.2 Å². The highest BCUT2D eigenvalue weighted by Crippen LogP contribution is 1.85. The van der Waals surface area contributed by atoms with Crippen molar-refractivity contribution < 1.29 is 19.1 Å². The first-order chi connectivity index (χ1) is 5.52. The molecule has 0 heterocycles. The second-order valence-electron chi connectivity index (χ2n) is 2.37. The molecule has 0 fully saturated rings. The van der Waals surface area contributed by atoms with Crippen LogP contribution in [-0.4, -0.2) is 31.2 Å². The molecule has 0 saturated carbocycles. The van der Waals surface area contributed by atoms with Crippen molar-refractivity contribution in [3.8, 4) is 0 Å². The number of nitrogens with two attached hydrogens (primary N) is 1. The molecule has 0 aliphatic heterocycles. The molecule has 70 valence electrons. The Bertz CT molecular complexity index is 151. The fourth-order valence-electron chi connectivity index (χ4n) is 0.497. The molecule has 0 rings (SSSR count). The van der Waals surface area contributed by atoms with E-state index in [0.717, 1.165) is 0 Å². The molecule has 0 unspecified atom stereocenters. The quantitative estimate of drug-likeness (QED) is 0.579. The number of hydrogen-bond donors (Lipinski definition) is 1. The zero-order chi connectivity index (χ0) is 9.56. The van der Waals surface area contributed by atoms with Crippen molar-refractivity contribution in [1.82, 2.24) is 0 Å². The molecular formula is C7H13NO4. The largest absolute Gasteiger partial charge is 0.464 e. The van der Waals surface area contributed by atoms with E-state index in [1.165, 1.54) is 13.8 Å². The van der Waals surface area contributed by atoms with E-state index in [1.807, 2.05) is 0 Å². The smallest absolute Gasteiger partial charge is 0.302 e. The van der Waals surface area contributed by atoms with Gasteiger partial charge in [0.15, 0.2) is 0 Å². The third-order valence-corrected chi connectivity index (χ3v) is 1.00. The molecule has 5 nitrogen and oxygen atoms in total. The first-order valence-corrected chi connectivity index (χ1v) is 3.54. The Hall–Kier alpha value is -1.10. The van der Waals surface area contributed by atoms with Gasteiger partial charge < -0.3 is 15.2 Å². The maximum absolute atomic E-state index is 10.3. The molecule has 5 heteroatoms. The summed E-state index contributed by atoms with van der Waals surface area (Å²) in [5.74, 6) is -0.790. The number of rotatable bonds is 4. The second-order valence-corrected chi connectivity index (χ2v) is 2.37. The lowest BCUT2D eigenvalue weighted by Crippen LogP contribution is -2.32. The van der Waals surface area contributed by atoms with Gasteiger partial charge in [0.25, 0.3) is 0 Å². The van der Waals surface area contributed by atoms with E-state index in [0.29, 0.717) is 0 Å². The number of carbonyl (C=O) groups excluding carboxylic acids is 2. The summed E-state index contributed by atoms with van der Waals surface area (Å²) < 4.78 is 9.16. The van der Waals surface area contributed by atoms with Gasteiger partial charge in [-0.05, 0) is 0 Å². The predicted octanol–water partition coefficient (Wildman–Crippen LogP) is -0.560. The lowest BCUT2D eigenvalue weighted by Gasteiger charge is -2.10. The maximum atomic E-state index is 10.3. The molecule has 0 atom stereocenters. The SMILES string of the molecule is CC(=O)OCC(N)COC(C)=O. The van der Waals surface area contributed by atoms with Gasteiger partial charge in [0.2, 0.25) is 0 Å². The Balaban J connectivity index is 3.39. The molecule has 0 bridgehead atoms. The zero-order valence-corrected chi connectivity index (χ0v) is 7.20. The lowest BCUT2D eigenvalue weighted by atomic mass is 10.4. The van der Waals surface area contributed by atoms with Crippen molar-refractivity contribution in [2.24, 2.45) is 5.73 Å². The number of ether oxygens (including phenoxy) is 2. The van der Waals surface area contributed by atoms with E-state index in [2.05, 4.69) is 9.47 Å². The van der Waals surface area contributed by atoms with Crippen LogP contribution in [0, 0.1) is 0 Å². The van der Waals surface area contributed by atoms with Crippen LogP contribution < -0.4 is 5.73 Å². The van der Waals surface area contributed by atoms with Gasteiger partial charge in [-0.1, -0.05) is 0 Å². The normalized spacial score (nSPS) is 9.67. The standard InChI is InChI=1S/C7H13NO4/c1-5(9)11-3-7(8)4-12-6(2)10/h7H,3-4,8H2,1-2H3. The summed E-state index contributed by atoms with van der Waals surface area (Å²) in [6, 6.07) is -0.446. The van der Waals surface area contributed by atoms with E-state index >= 15 is 0 Å². The van der Waals surface area contributed by atoms with Crippen molar-refractivity contribution >= 4 is 11.9 Å². The summed E-state index contributed by atoms with van der Waals surface area (Å²) in [5.41, 5.74) is 5.42. The fraction of sp³-hybridized carbons (Fsp3) is 0.714. The minimum Gasteiger partial charge on any atom is -0.464 e. The van der Waals surface area contributed by atoms with E-state index in [9.17, 15) is 9.59 Å². The third kappa shape index (κ3) is 7.01. The summed E-state index contributed by atoms with van der Waals surface area (Å²) in [6.45, 7) is 2.72. The van der Waals surface area contributed by atoms with Crippen molar-refractivity contribution in [3.05, 3.63) is 0 Å². The number of carbonyl (C=O) groups is 2. The average Bonchev–Trinajstić information content (AvgIpc) is 1.96. The first kappa shape index (κ1) is 10.9. The Morgan fingerprint density at radius 1 is 1.17 bits per heavy atom. The van der Waals surface area contributed by atoms with Crippen LogP contribution in [0.1, 0.15) is 13.8 Å². The van der Waals surface area contributed by atoms with E-state index in [1.54, 1.807) is 0 Å². The number of hydrogen-bond acceptors (Lipinski definition) is 5. The summed E-state index contributed by atoms with van der Waals surface area (Å²) in [4.78, 5) is 20.6. The van der Waals surface area contributed by atoms with Crippen LogP contribution in [0.15, 0.2) is 0 Å². The molecule has 0 saturated heterocycles. The van der Waals surface area contributed by atoms with Gasteiger partial charge >= 0.3 is 11.9 Å². The molecule has 0 aromatic rings. The van der Waals surface area contributed by atoms with Crippen molar-refractivity contribution in [1.29, 1.82) is 0 Å².